The van der Waals surface area contributed by atoms with E-state index in [4.69, 9.17) is 5.11 Å². The van der Waals surface area contributed by atoms with Gasteiger partial charge in [-0.1, -0.05) is 13.8 Å². The van der Waals surface area contributed by atoms with Gasteiger partial charge in [0.2, 0.25) is 0 Å². The minimum atomic E-state index is -1.05. The summed E-state index contributed by atoms with van der Waals surface area (Å²) >= 11 is 0. The first kappa shape index (κ1) is 15.5. The fourth-order valence-corrected chi connectivity index (χ4v) is 0.960. The van der Waals surface area contributed by atoms with Gasteiger partial charge in [-0.25, -0.2) is 0 Å². The van der Waals surface area contributed by atoms with E-state index >= 15 is 0 Å². The van der Waals surface area contributed by atoms with Gasteiger partial charge >= 0.3 is 57.4 Å². The SMILES string of the molecule is CC(C)C(O)C(C)(C)C(=O)O.[KH]. The second kappa shape index (κ2) is 5.72. The van der Waals surface area contributed by atoms with E-state index in [1.165, 1.54) is 13.8 Å². The number of carboxylic acids is 1. The van der Waals surface area contributed by atoms with Crippen molar-refractivity contribution in [1.29, 1.82) is 0 Å². The van der Waals surface area contributed by atoms with Crippen molar-refractivity contribution in [1.82, 2.24) is 0 Å². The molecule has 0 aliphatic rings. The molecule has 0 aromatic rings. The Kier molecular flexibility index (Phi) is 7.41. The first-order chi connectivity index (χ1) is 4.80. The number of aliphatic hydroxyl groups is 1. The van der Waals surface area contributed by atoms with Gasteiger partial charge in [0.15, 0.2) is 0 Å². The molecule has 1 atom stereocenters. The first-order valence-electron chi connectivity index (χ1n) is 3.71. The fourth-order valence-electron chi connectivity index (χ4n) is 0.960. The van der Waals surface area contributed by atoms with Crippen LogP contribution >= 0.6 is 0 Å². The van der Waals surface area contributed by atoms with Crippen LogP contribution < -0.4 is 0 Å². The summed E-state index contributed by atoms with van der Waals surface area (Å²) in [6.07, 6.45) is -0.792. The average molecular weight is 200 g/mol. The van der Waals surface area contributed by atoms with Gasteiger partial charge in [0, 0.05) is 0 Å². The van der Waals surface area contributed by atoms with E-state index in [1.807, 2.05) is 0 Å². The summed E-state index contributed by atoms with van der Waals surface area (Å²) in [6.45, 7) is 6.66. The molecule has 2 N–H and O–H groups in total. The van der Waals surface area contributed by atoms with Gasteiger partial charge in [-0.05, 0) is 19.8 Å². The van der Waals surface area contributed by atoms with E-state index in [2.05, 4.69) is 0 Å². The summed E-state index contributed by atoms with van der Waals surface area (Å²) in [6, 6.07) is 0. The number of aliphatic hydroxyl groups excluding tert-OH is 1. The molecule has 0 amide bonds. The van der Waals surface area contributed by atoms with E-state index in [1.54, 1.807) is 13.8 Å². The molecule has 68 valence electrons. The first-order valence-corrected chi connectivity index (χ1v) is 3.71. The van der Waals surface area contributed by atoms with Crippen molar-refractivity contribution in [2.24, 2.45) is 11.3 Å². The summed E-state index contributed by atoms with van der Waals surface area (Å²) in [4.78, 5) is 10.6. The van der Waals surface area contributed by atoms with Crippen LogP contribution in [0.25, 0.3) is 0 Å². The van der Waals surface area contributed by atoms with Crippen LogP contribution in [-0.4, -0.2) is 73.7 Å². The maximum atomic E-state index is 10.6. The number of hydrogen-bond donors (Lipinski definition) is 2. The van der Waals surface area contributed by atoms with Gasteiger partial charge in [-0.2, -0.15) is 0 Å². The molecule has 12 heavy (non-hydrogen) atoms. The van der Waals surface area contributed by atoms with E-state index in [0.29, 0.717) is 0 Å². The summed E-state index contributed by atoms with van der Waals surface area (Å²) < 4.78 is 0. The predicted octanol–water partition coefficient (Wildman–Crippen LogP) is 0.466. The number of carboxylic acid groups (broad SMARTS) is 1. The Bertz CT molecular complexity index is 154. The molecule has 1 unspecified atom stereocenters. The zero-order valence-electron chi connectivity index (χ0n) is 7.46. The molecule has 0 spiro atoms. The third kappa shape index (κ3) is 3.85. The Morgan fingerprint density at radius 2 is 1.67 bits per heavy atom. The Hall–Kier alpha value is 1.07. The van der Waals surface area contributed by atoms with Crippen LogP contribution in [-0.2, 0) is 4.79 Å². The molecule has 0 aromatic heterocycles. The third-order valence-electron chi connectivity index (χ3n) is 1.92. The molecule has 0 heterocycles. The fraction of sp³-hybridized carbons (Fsp3) is 0.875. The number of hydrogen-bond acceptors (Lipinski definition) is 2. The molecule has 0 aliphatic carbocycles. The Balaban J connectivity index is 0. The second-order valence-electron chi connectivity index (χ2n) is 3.72. The third-order valence-corrected chi connectivity index (χ3v) is 1.92. The van der Waals surface area contributed by atoms with Gasteiger partial charge in [0.1, 0.15) is 0 Å². The average Bonchev–Trinajstić information content (AvgIpc) is 1.85. The molecule has 0 radical (unpaired) electrons. The van der Waals surface area contributed by atoms with Crippen LogP contribution in [0.5, 0.6) is 0 Å². The van der Waals surface area contributed by atoms with E-state index in [-0.39, 0.29) is 57.3 Å². The van der Waals surface area contributed by atoms with Gasteiger partial charge < -0.3 is 10.2 Å². The van der Waals surface area contributed by atoms with Crippen LogP contribution in [0, 0.1) is 11.3 Å². The molecule has 4 heteroatoms. The molecular formula is C8H17KO3. The van der Waals surface area contributed by atoms with Crippen LogP contribution in [0.3, 0.4) is 0 Å². The van der Waals surface area contributed by atoms with Crippen molar-refractivity contribution in [3.63, 3.8) is 0 Å². The molecule has 0 aliphatic heterocycles. The molecule has 0 saturated heterocycles. The molecule has 0 rings (SSSR count). The summed E-state index contributed by atoms with van der Waals surface area (Å²) in [5.74, 6) is -0.986. The zero-order valence-corrected chi connectivity index (χ0v) is 7.46. The maximum absolute atomic E-state index is 10.6. The van der Waals surface area contributed by atoms with E-state index in [9.17, 15) is 9.90 Å². The van der Waals surface area contributed by atoms with Crippen LogP contribution in [0.4, 0.5) is 0 Å². The molecule has 0 aromatic carbocycles. The Labute approximate surface area is 116 Å². The van der Waals surface area contributed by atoms with Crippen molar-refractivity contribution >= 4 is 57.4 Å². The summed E-state index contributed by atoms with van der Waals surface area (Å²) in [7, 11) is 0. The van der Waals surface area contributed by atoms with Crippen LogP contribution in [0.2, 0.25) is 0 Å². The van der Waals surface area contributed by atoms with Gasteiger partial charge in [-0.15, -0.1) is 0 Å². The molecular weight excluding hydrogens is 183 g/mol. The van der Waals surface area contributed by atoms with Crippen molar-refractivity contribution in [2.75, 3.05) is 0 Å². The molecule has 0 fully saturated rings. The van der Waals surface area contributed by atoms with Gasteiger partial charge in [0.25, 0.3) is 0 Å². The van der Waals surface area contributed by atoms with Gasteiger partial charge in [0.05, 0.1) is 11.5 Å². The summed E-state index contributed by atoms with van der Waals surface area (Å²) in [5.41, 5.74) is -1.05. The standard InChI is InChI=1S/C8H16O3.K.H/c1-5(2)6(9)8(3,4)7(10)11;;/h5-6,9H,1-4H3,(H,10,11);;. The quantitative estimate of drug-likeness (QED) is 0.651. The molecule has 3 nitrogen and oxygen atoms in total. The molecule has 0 bridgehead atoms. The zero-order chi connectivity index (χ0) is 9.23. The summed E-state index contributed by atoms with van der Waals surface area (Å²) in [5, 5.41) is 18.1. The normalized spacial score (nSPS) is 13.8. The van der Waals surface area contributed by atoms with Crippen molar-refractivity contribution in [2.45, 2.75) is 33.8 Å². The van der Waals surface area contributed by atoms with E-state index in [0.717, 1.165) is 0 Å². The van der Waals surface area contributed by atoms with Gasteiger partial charge in [-0.3, -0.25) is 4.79 Å². The Morgan fingerprint density at radius 3 is 1.75 bits per heavy atom. The minimum absolute atomic E-state index is 0. The topological polar surface area (TPSA) is 57.5 Å². The monoisotopic (exact) mass is 200 g/mol. The van der Waals surface area contributed by atoms with Crippen LogP contribution in [0.1, 0.15) is 27.7 Å². The van der Waals surface area contributed by atoms with Crippen LogP contribution in [0.15, 0.2) is 0 Å². The second-order valence-corrected chi connectivity index (χ2v) is 3.72. The van der Waals surface area contributed by atoms with Crippen molar-refractivity contribution < 1.29 is 15.0 Å². The predicted molar refractivity (Wildman–Crippen MR) is 49.4 cm³/mol. The Morgan fingerprint density at radius 1 is 1.33 bits per heavy atom. The number of carbonyl (C=O) groups is 1. The molecule has 0 saturated carbocycles. The van der Waals surface area contributed by atoms with E-state index < -0.39 is 17.5 Å². The van der Waals surface area contributed by atoms with Crippen molar-refractivity contribution in [3.05, 3.63) is 0 Å². The number of aliphatic carboxylic acids is 1. The number of rotatable bonds is 3. The van der Waals surface area contributed by atoms with Crippen molar-refractivity contribution in [3.8, 4) is 0 Å².